The van der Waals surface area contributed by atoms with Gasteiger partial charge in [0.25, 0.3) is 0 Å². The Bertz CT molecular complexity index is 306. The van der Waals surface area contributed by atoms with Crippen LogP contribution in [0.3, 0.4) is 0 Å². The van der Waals surface area contributed by atoms with Gasteiger partial charge in [0.15, 0.2) is 0 Å². The Labute approximate surface area is 83.6 Å². The van der Waals surface area contributed by atoms with Crippen molar-refractivity contribution in [3.05, 3.63) is 29.8 Å². The van der Waals surface area contributed by atoms with Gasteiger partial charge in [0.05, 0.1) is 5.92 Å². The lowest BCUT2D eigenvalue weighted by Gasteiger charge is -2.09. The maximum atomic E-state index is 10.8. The molecule has 0 aliphatic carbocycles. The normalized spacial score (nSPS) is 12.4. The van der Waals surface area contributed by atoms with Gasteiger partial charge in [-0.2, -0.15) is 0 Å². The summed E-state index contributed by atoms with van der Waals surface area (Å²) in [6.07, 6.45) is 1.23. The number of aliphatic carboxylic acids is 1. The minimum absolute atomic E-state index is 0.293. The molecular formula is C11H15NO2. The first kappa shape index (κ1) is 10.6. The van der Waals surface area contributed by atoms with Crippen molar-refractivity contribution in [1.29, 1.82) is 0 Å². The van der Waals surface area contributed by atoms with Gasteiger partial charge in [0.1, 0.15) is 0 Å². The van der Waals surface area contributed by atoms with Crippen LogP contribution in [0, 0.1) is 5.92 Å². The molecule has 1 rings (SSSR count). The van der Waals surface area contributed by atoms with Gasteiger partial charge in [0, 0.05) is 5.69 Å². The zero-order valence-corrected chi connectivity index (χ0v) is 8.23. The molecule has 1 atom stereocenters. The number of nitrogen functional groups attached to an aromatic ring is 1. The van der Waals surface area contributed by atoms with E-state index in [1.165, 1.54) is 0 Å². The summed E-state index contributed by atoms with van der Waals surface area (Å²) in [5, 5.41) is 8.86. The zero-order chi connectivity index (χ0) is 10.6. The van der Waals surface area contributed by atoms with Gasteiger partial charge in [-0.1, -0.05) is 19.1 Å². The van der Waals surface area contributed by atoms with Gasteiger partial charge in [-0.15, -0.1) is 0 Å². The number of rotatable bonds is 4. The van der Waals surface area contributed by atoms with E-state index >= 15 is 0 Å². The largest absolute Gasteiger partial charge is 0.481 e. The number of anilines is 1. The Morgan fingerprint density at radius 2 is 2.00 bits per heavy atom. The molecule has 0 fully saturated rings. The molecule has 1 aromatic carbocycles. The standard InChI is InChI=1S/C11H15NO2/c1-2-9(11(13)14)7-8-3-5-10(12)6-4-8/h3-6,9H,2,7,12H2,1H3,(H,13,14)/t9-/m1/s1. The highest BCUT2D eigenvalue weighted by molar-refractivity contribution is 5.70. The number of hydrogen-bond donors (Lipinski definition) is 2. The number of hydrogen-bond acceptors (Lipinski definition) is 2. The minimum atomic E-state index is -0.732. The lowest BCUT2D eigenvalue weighted by Crippen LogP contribution is -2.15. The fourth-order valence-corrected chi connectivity index (χ4v) is 1.34. The molecule has 0 heterocycles. The van der Waals surface area contributed by atoms with E-state index in [0.29, 0.717) is 18.5 Å². The quantitative estimate of drug-likeness (QED) is 0.718. The number of carbonyl (C=O) groups is 1. The van der Waals surface area contributed by atoms with Crippen molar-refractivity contribution in [3.63, 3.8) is 0 Å². The van der Waals surface area contributed by atoms with Crippen LogP contribution < -0.4 is 5.73 Å². The molecule has 0 saturated heterocycles. The zero-order valence-electron chi connectivity index (χ0n) is 8.23. The number of nitrogens with two attached hydrogens (primary N) is 1. The second-order valence-corrected chi connectivity index (χ2v) is 3.39. The van der Waals surface area contributed by atoms with E-state index < -0.39 is 5.97 Å². The third-order valence-corrected chi connectivity index (χ3v) is 2.30. The molecule has 0 amide bonds. The molecule has 0 aliphatic rings. The summed E-state index contributed by atoms with van der Waals surface area (Å²) in [5.41, 5.74) is 7.26. The van der Waals surface area contributed by atoms with Crippen LogP contribution in [0.25, 0.3) is 0 Å². The summed E-state index contributed by atoms with van der Waals surface area (Å²) >= 11 is 0. The SMILES string of the molecule is CC[C@H](Cc1ccc(N)cc1)C(=O)O. The monoisotopic (exact) mass is 193 g/mol. The van der Waals surface area contributed by atoms with Crippen LogP contribution in [0.15, 0.2) is 24.3 Å². The van der Waals surface area contributed by atoms with Gasteiger partial charge in [-0.3, -0.25) is 4.79 Å². The summed E-state index contributed by atoms with van der Waals surface area (Å²) in [6.45, 7) is 1.89. The molecule has 76 valence electrons. The van der Waals surface area contributed by atoms with E-state index in [9.17, 15) is 4.79 Å². The number of benzene rings is 1. The van der Waals surface area contributed by atoms with E-state index in [1.807, 2.05) is 19.1 Å². The summed E-state index contributed by atoms with van der Waals surface area (Å²) in [6, 6.07) is 7.34. The maximum absolute atomic E-state index is 10.8. The Kier molecular flexibility index (Phi) is 3.51. The topological polar surface area (TPSA) is 63.3 Å². The molecule has 0 aromatic heterocycles. The summed E-state index contributed by atoms with van der Waals surface area (Å²) in [7, 11) is 0. The third kappa shape index (κ3) is 2.76. The van der Waals surface area contributed by atoms with Crippen LogP contribution in [-0.4, -0.2) is 11.1 Å². The fourth-order valence-electron chi connectivity index (χ4n) is 1.34. The first-order valence-corrected chi connectivity index (χ1v) is 4.70. The molecule has 14 heavy (non-hydrogen) atoms. The van der Waals surface area contributed by atoms with E-state index in [-0.39, 0.29) is 5.92 Å². The smallest absolute Gasteiger partial charge is 0.306 e. The van der Waals surface area contributed by atoms with Crippen molar-refractivity contribution in [2.45, 2.75) is 19.8 Å². The predicted octanol–water partition coefficient (Wildman–Crippen LogP) is 1.92. The minimum Gasteiger partial charge on any atom is -0.481 e. The van der Waals surface area contributed by atoms with E-state index in [2.05, 4.69) is 0 Å². The maximum Gasteiger partial charge on any atom is 0.306 e. The van der Waals surface area contributed by atoms with Crippen LogP contribution in [0.2, 0.25) is 0 Å². The van der Waals surface area contributed by atoms with E-state index in [1.54, 1.807) is 12.1 Å². The molecule has 0 radical (unpaired) electrons. The first-order valence-electron chi connectivity index (χ1n) is 4.70. The van der Waals surface area contributed by atoms with Crippen molar-refractivity contribution < 1.29 is 9.90 Å². The van der Waals surface area contributed by atoms with E-state index in [4.69, 9.17) is 10.8 Å². The van der Waals surface area contributed by atoms with Gasteiger partial charge in [0.2, 0.25) is 0 Å². The average Bonchev–Trinajstić information content (AvgIpc) is 2.16. The Hall–Kier alpha value is -1.51. The Balaban J connectivity index is 2.67. The first-order chi connectivity index (χ1) is 6.63. The van der Waals surface area contributed by atoms with Crippen LogP contribution in [0.4, 0.5) is 5.69 Å². The van der Waals surface area contributed by atoms with Crippen molar-refractivity contribution in [2.75, 3.05) is 5.73 Å². The molecule has 1 aromatic rings. The van der Waals surface area contributed by atoms with Crippen LogP contribution in [-0.2, 0) is 11.2 Å². The predicted molar refractivity (Wildman–Crippen MR) is 56.0 cm³/mol. The van der Waals surface area contributed by atoms with Crippen LogP contribution in [0.1, 0.15) is 18.9 Å². The summed E-state index contributed by atoms with van der Waals surface area (Å²) in [4.78, 5) is 10.8. The molecule has 3 N–H and O–H groups in total. The molecule has 0 spiro atoms. The molecule has 0 aliphatic heterocycles. The van der Waals surface area contributed by atoms with Gasteiger partial charge in [-0.05, 0) is 30.5 Å². The van der Waals surface area contributed by atoms with Crippen molar-refractivity contribution in [1.82, 2.24) is 0 Å². The van der Waals surface area contributed by atoms with Crippen molar-refractivity contribution in [3.8, 4) is 0 Å². The van der Waals surface area contributed by atoms with Crippen molar-refractivity contribution in [2.24, 2.45) is 5.92 Å². The number of carboxylic acids is 1. The lowest BCUT2D eigenvalue weighted by molar-refractivity contribution is -0.141. The fraction of sp³-hybridized carbons (Fsp3) is 0.364. The molecular weight excluding hydrogens is 178 g/mol. The molecule has 3 nitrogen and oxygen atoms in total. The highest BCUT2D eigenvalue weighted by atomic mass is 16.4. The second-order valence-electron chi connectivity index (χ2n) is 3.39. The average molecular weight is 193 g/mol. The molecule has 0 bridgehead atoms. The Morgan fingerprint density at radius 3 is 2.43 bits per heavy atom. The molecule has 3 heteroatoms. The second kappa shape index (κ2) is 4.65. The van der Waals surface area contributed by atoms with Gasteiger partial charge in [-0.25, -0.2) is 0 Å². The van der Waals surface area contributed by atoms with Gasteiger partial charge >= 0.3 is 5.97 Å². The Morgan fingerprint density at radius 1 is 1.43 bits per heavy atom. The van der Waals surface area contributed by atoms with Crippen molar-refractivity contribution >= 4 is 11.7 Å². The highest BCUT2D eigenvalue weighted by Gasteiger charge is 2.14. The summed E-state index contributed by atoms with van der Waals surface area (Å²) in [5.74, 6) is -1.03. The van der Waals surface area contributed by atoms with E-state index in [0.717, 1.165) is 5.56 Å². The molecule has 0 saturated carbocycles. The van der Waals surface area contributed by atoms with Crippen LogP contribution >= 0.6 is 0 Å². The number of carboxylic acid groups (broad SMARTS) is 1. The molecule has 0 unspecified atom stereocenters. The van der Waals surface area contributed by atoms with Crippen LogP contribution in [0.5, 0.6) is 0 Å². The highest BCUT2D eigenvalue weighted by Crippen LogP contribution is 2.13. The third-order valence-electron chi connectivity index (χ3n) is 2.30. The lowest BCUT2D eigenvalue weighted by atomic mass is 9.97. The summed E-state index contributed by atoms with van der Waals surface area (Å²) < 4.78 is 0. The van der Waals surface area contributed by atoms with Gasteiger partial charge < -0.3 is 10.8 Å².